The molecule has 0 amide bonds. The summed E-state index contributed by atoms with van der Waals surface area (Å²) in [5.74, 6) is 0. The van der Waals surface area contributed by atoms with Crippen molar-refractivity contribution in [3.05, 3.63) is 324 Å². The minimum atomic E-state index is -10.7. The second kappa shape index (κ2) is 34.1. The summed E-state index contributed by atoms with van der Waals surface area (Å²) < 4.78 is 178. The fourth-order valence-corrected chi connectivity index (χ4v) is 8.15. The molecule has 12 nitrogen and oxygen atoms in total. The van der Waals surface area contributed by atoms with Gasteiger partial charge in [-0.3, -0.25) is 59.8 Å². The standard InChI is InChI=1S/3C24H18N4.3F6P.Fe/c3*1(19-5-11-25-12-6-19)3-21-9-15-27-23(17-21)24-18-22(10-16-28-24)4-2-20-7-13-26-14-8-20;3*1-7(2,3,4,5)6;/h3*1-18H;;;;/q;;;3*-1;+2. The molecule has 0 radical (unpaired) electrons. The molecule has 0 saturated heterocycles. The maximum absolute atomic E-state index is 10.7. The zero-order valence-corrected chi connectivity index (χ0v) is 57.8. The van der Waals surface area contributed by atoms with E-state index in [4.69, 9.17) is 0 Å². The zero-order valence-electron chi connectivity index (χ0n) is 54.0. The van der Waals surface area contributed by atoms with E-state index in [1.54, 1.807) is 74.4 Å². The average molecular weight is 1580 g/mol. The van der Waals surface area contributed by atoms with Gasteiger partial charge in [0, 0.05) is 112 Å². The van der Waals surface area contributed by atoms with Gasteiger partial charge in [0.1, 0.15) is 0 Å². The van der Waals surface area contributed by atoms with Crippen molar-refractivity contribution in [2.75, 3.05) is 0 Å². The molecule has 12 aromatic rings. The van der Waals surface area contributed by atoms with Crippen LogP contribution in [0.15, 0.2) is 257 Å². The number of nitrogens with zero attached hydrogens (tertiary/aromatic N) is 12. The fraction of sp³-hybridized carbons (Fsp3) is 0. The molecule has 0 bridgehead atoms. The molecule has 552 valence electrons. The van der Waals surface area contributed by atoms with Crippen molar-refractivity contribution in [1.82, 2.24) is 59.8 Å². The maximum Gasteiger partial charge on any atom is 2.00 e. The third kappa shape index (κ3) is 40.6. The van der Waals surface area contributed by atoms with E-state index < -0.39 is 23.4 Å². The predicted molar refractivity (Wildman–Crippen MR) is 382 cm³/mol. The largest absolute Gasteiger partial charge is 2.00 e. The summed E-state index contributed by atoms with van der Waals surface area (Å²) in [6.45, 7) is 0. The summed E-state index contributed by atoms with van der Waals surface area (Å²) in [6, 6.07) is 47.8. The third-order valence-electron chi connectivity index (χ3n) is 12.5. The van der Waals surface area contributed by atoms with E-state index in [0.717, 1.165) is 101 Å². The summed E-state index contributed by atoms with van der Waals surface area (Å²) in [7, 11) is -32.0. The van der Waals surface area contributed by atoms with E-state index in [1.165, 1.54) is 0 Å². The quantitative estimate of drug-likeness (QED) is 0.0545. The molecule has 0 aliphatic rings. The van der Waals surface area contributed by atoms with Crippen LogP contribution in [0.5, 0.6) is 0 Å². The average Bonchev–Trinajstić information content (AvgIpc) is 0.798. The van der Waals surface area contributed by atoms with Crippen LogP contribution in [0.3, 0.4) is 0 Å². The fourth-order valence-electron chi connectivity index (χ4n) is 8.15. The summed E-state index contributed by atoms with van der Waals surface area (Å²) in [5.41, 5.74) is 18.1. The van der Waals surface area contributed by atoms with Gasteiger partial charge in [-0.2, -0.15) is 0 Å². The summed E-state index contributed by atoms with van der Waals surface area (Å²) in [4.78, 5) is 51.1. The molecule has 0 fully saturated rings. The smallest absolute Gasteiger partial charge is 2.00 e. The van der Waals surface area contributed by atoms with Crippen molar-refractivity contribution >= 4 is 96.3 Å². The Morgan fingerprint density at radius 3 is 0.368 bits per heavy atom. The van der Waals surface area contributed by atoms with Crippen molar-refractivity contribution in [1.29, 1.82) is 0 Å². The third-order valence-corrected chi connectivity index (χ3v) is 12.5. The number of hydrogen-bond donors (Lipinski definition) is 0. The van der Waals surface area contributed by atoms with E-state index in [0.29, 0.717) is 0 Å². The van der Waals surface area contributed by atoms with Gasteiger partial charge in [-0.25, -0.2) is 0 Å². The summed E-state index contributed by atoms with van der Waals surface area (Å²) in [6.07, 6.45) is 57.0. The monoisotopic (exact) mass is 1580 g/mol. The van der Waals surface area contributed by atoms with Crippen molar-refractivity contribution < 1.29 is 92.6 Å². The van der Waals surface area contributed by atoms with Crippen LogP contribution in [0.2, 0.25) is 0 Å². The first-order chi connectivity index (χ1) is 48.9. The van der Waals surface area contributed by atoms with E-state index in [-0.39, 0.29) is 17.1 Å². The molecule has 0 aliphatic heterocycles. The molecule has 12 heterocycles. The number of rotatable bonds is 15. The SMILES string of the molecule is C(=Cc1ccnc(-c2cc(C=Cc3ccncc3)ccn2)c1)c1ccncc1.C(=Cc1ccnc(-c2cc(C=Cc3ccncc3)ccn2)c1)c1ccncc1.C(=Cc1ccnc(-c2cc(C=Cc3ccncc3)ccn2)c1)c1ccncc1.F[P-](F)(F)(F)(F)F.F[P-](F)(F)(F)(F)F.F[P-](F)(F)(F)(F)F.[Fe+2]. The van der Waals surface area contributed by atoms with Gasteiger partial charge in [-0.1, -0.05) is 72.9 Å². The van der Waals surface area contributed by atoms with E-state index in [2.05, 4.69) is 133 Å². The molecule has 0 N–H and O–H groups in total. The number of halogens is 18. The molecular formula is C72H54F18FeN12P3-. The van der Waals surface area contributed by atoms with Crippen molar-refractivity contribution in [2.45, 2.75) is 0 Å². The van der Waals surface area contributed by atoms with Gasteiger partial charge in [-0.05, 0) is 212 Å². The predicted octanol–water partition coefficient (Wildman–Crippen LogP) is 26.0. The minimum absolute atomic E-state index is 0. The minimum Gasteiger partial charge on any atom is 2.00 e. The Balaban J connectivity index is 0.000000218. The number of aromatic nitrogens is 12. The molecule has 0 aromatic carbocycles. The van der Waals surface area contributed by atoms with Crippen LogP contribution >= 0.6 is 23.4 Å². The first-order valence-electron chi connectivity index (χ1n) is 29.9. The topological polar surface area (TPSA) is 155 Å². The van der Waals surface area contributed by atoms with Crippen LogP contribution < -0.4 is 0 Å². The van der Waals surface area contributed by atoms with Crippen LogP contribution in [0.25, 0.3) is 107 Å². The van der Waals surface area contributed by atoms with Crippen molar-refractivity contribution in [3.63, 3.8) is 0 Å². The second-order valence-electron chi connectivity index (χ2n) is 21.4. The van der Waals surface area contributed by atoms with Crippen LogP contribution in [0, 0.1) is 0 Å². The Kier molecular flexibility index (Phi) is 27.0. The normalized spacial score (nSPS) is 13.5. The second-order valence-corrected chi connectivity index (χ2v) is 27.2. The van der Waals surface area contributed by atoms with E-state index >= 15 is 0 Å². The van der Waals surface area contributed by atoms with Gasteiger partial charge < -0.3 is 0 Å². The summed E-state index contributed by atoms with van der Waals surface area (Å²) >= 11 is 0. The molecule has 12 rings (SSSR count). The molecule has 12 aromatic heterocycles. The zero-order chi connectivity index (χ0) is 76.3. The maximum atomic E-state index is 9.87. The molecule has 106 heavy (non-hydrogen) atoms. The van der Waals surface area contributed by atoms with E-state index in [1.807, 2.05) is 183 Å². The van der Waals surface area contributed by atoms with E-state index in [9.17, 15) is 75.5 Å². The molecule has 0 aliphatic carbocycles. The van der Waals surface area contributed by atoms with Gasteiger partial charge in [0.25, 0.3) is 0 Å². The molecule has 0 unspecified atom stereocenters. The van der Waals surface area contributed by atoms with Crippen molar-refractivity contribution in [3.8, 4) is 34.2 Å². The Bertz CT molecular complexity index is 4190. The Morgan fingerprint density at radius 1 is 0.160 bits per heavy atom. The van der Waals surface area contributed by atoms with Crippen molar-refractivity contribution in [2.24, 2.45) is 0 Å². The number of pyridine rings is 12. The van der Waals surface area contributed by atoms with Crippen LogP contribution in [-0.4, -0.2) is 59.8 Å². The van der Waals surface area contributed by atoms with Crippen LogP contribution in [-0.2, 0) is 17.1 Å². The first-order valence-corrected chi connectivity index (χ1v) is 36.0. The van der Waals surface area contributed by atoms with Gasteiger partial charge >= 0.3 is 116 Å². The van der Waals surface area contributed by atoms with Gasteiger partial charge in [0.2, 0.25) is 0 Å². The first kappa shape index (κ1) is 83.7. The van der Waals surface area contributed by atoms with Crippen LogP contribution in [0.1, 0.15) is 66.8 Å². The van der Waals surface area contributed by atoms with Crippen LogP contribution in [0.4, 0.5) is 75.5 Å². The van der Waals surface area contributed by atoms with Gasteiger partial charge in [-0.15, -0.1) is 0 Å². The molecule has 0 atom stereocenters. The Hall–Kier alpha value is -11.2. The van der Waals surface area contributed by atoms with Gasteiger partial charge in [0.05, 0.1) is 34.2 Å². The summed E-state index contributed by atoms with van der Waals surface area (Å²) in [5, 5.41) is 0. The van der Waals surface area contributed by atoms with Gasteiger partial charge in [0.15, 0.2) is 0 Å². The Morgan fingerprint density at radius 2 is 0.255 bits per heavy atom. The molecular weight excluding hydrogens is 1520 g/mol. The number of hydrogen-bond acceptors (Lipinski definition) is 12. The Labute approximate surface area is 604 Å². The molecule has 0 saturated carbocycles. The molecule has 34 heteroatoms. The molecule has 0 spiro atoms.